The Labute approximate surface area is 245 Å². The third kappa shape index (κ3) is 5.47. The molecule has 2 saturated heterocycles. The topological polar surface area (TPSA) is 61.8 Å². The third-order valence-electron chi connectivity index (χ3n) is 9.93. The van der Waals surface area contributed by atoms with E-state index in [0.717, 1.165) is 37.3 Å². The third-order valence-corrected chi connectivity index (χ3v) is 9.93. The quantitative estimate of drug-likeness (QED) is 0.379. The van der Waals surface area contributed by atoms with Crippen molar-refractivity contribution in [2.24, 2.45) is 5.92 Å². The number of terminal acetylenes is 1. The van der Waals surface area contributed by atoms with E-state index in [4.69, 9.17) is 21.1 Å². The Bertz CT molecular complexity index is 1350. The highest BCUT2D eigenvalue weighted by atomic mass is 16.5. The molecule has 7 nitrogen and oxygen atoms in total. The molecule has 4 aliphatic rings. The van der Waals surface area contributed by atoms with Crippen molar-refractivity contribution in [2.45, 2.75) is 76.3 Å². The number of anilines is 1. The number of carbonyl (C=O) groups excluding carboxylic acids is 1. The van der Waals surface area contributed by atoms with Crippen LogP contribution in [0, 0.1) is 18.3 Å². The number of rotatable bonds is 7. The first-order valence-corrected chi connectivity index (χ1v) is 15.4. The van der Waals surface area contributed by atoms with E-state index < -0.39 is 0 Å². The molecule has 41 heavy (non-hydrogen) atoms. The second kappa shape index (κ2) is 11.9. The minimum absolute atomic E-state index is 0.0637. The van der Waals surface area contributed by atoms with Gasteiger partial charge in [0.1, 0.15) is 12.4 Å². The molecule has 2 fully saturated rings. The number of ether oxygens (including phenoxy) is 1. The highest BCUT2D eigenvalue weighted by Crippen LogP contribution is 2.43. The summed E-state index contributed by atoms with van der Waals surface area (Å²) in [5.41, 5.74) is 6.96. The second-order valence-corrected chi connectivity index (χ2v) is 12.4. The molecule has 0 bridgehead atoms. The van der Waals surface area contributed by atoms with Crippen LogP contribution >= 0.6 is 0 Å². The summed E-state index contributed by atoms with van der Waals surface area (Å²) in [5.74, 6) is 4.58. The van der Waals surface area contributed by atoms with E-state index >= 15 is 0 Å². The molecule has 0 saturated carbocycles. The number of amides is 1. The van der Waals surface area contributed by atoms with Crippen molar-refractivity contribution in [3.63, 3.8) is 0 Å². The molecule has 1 aromatic heterocycles. The molecule has 0 spiro atoms. The number of fused-ring (bicyclic) bond motifs is 2. The van der Waals surface area contributed by atoms with Crippen LogP contribution in [0.15, 0.2) is 30.9 Å². The van der Waals surface area contributed by atoms with Crippen molar-refractivity contribution in [3.8, 4) is 18.4 Å². The Balaban J connectivity index is 1.33. The largest absolute Gasteiger partial charge is 0.462 e. The summed E-state index contributed by atoms with van der Waals surface area (Å²) in [4.78, 5) is 29.3. The van der Waals surface area contributed by atoms with E-state index in [9.17, 15) is 4.79 Å². The molecular formula is C34H43N5O2. The first kappa shape index (κ1) is 27.8. The van der Waals surface area contributed by atoms with Crippen molar-refractivity contribution >= 4 is 11.7 Å². The van der Waals surface area contributed by atoms with E-state index in [0.29, 0.717) is 56.6 Å². The monoisotopic (exact) mass is 553 g/mol. The van der Waals surface area contributed by atoms with Crippen molar-refractivity contribution in [1.29, 1.82) is 0 Å². The number of hydrogen-bond donors (Lipinski definition) is 0. The maximum atomic E-state index is 12.6. The molecule has 216 valence electrons. The van der Waals surface area contributed by atoms with Gasteiger partial charge in [-0.15, -0.1) is 12.3 Å². The highest BCUT2D eigenvalue weighted by Gasteiger charge is 2.36. The van der Waals surface area contributed by atoms with Crippen LogP contribution in [0.4, 0.5) is 5.82 Å². The number of aryl methyl sites for hydroxylation is 1. The van der Waals surface area contributed by atoms with Gasteiger partial charge >= 0.3 is 6.01 Å². The molecule has 2 aliphatic carbocycles. The minimum atomic E-state index is -0.0814. The minimum Gasteiger partial charge on any atom is -0.462 e. The molecule has 3 heterocycles. The molecule has 7 heteroatoms. The van der Waals surface area contributed by atoms with Gasteiger partial charge in [-0.2, -0.15) is 9.97 Å². The molecule has 0 radical (unpaired) electrons. The predicted molar refractivity (Wildman–Crippen MR) is 162 cm³/mol. The Hall–Kier alpha value is -3.37. The zero-order valence-corrected chi connectivity index (χ0v) is 24.6. The fourth-order valence-corrected chi connectivity index (χ4v) is 7.61. The van der Waals surface area contributed by atoms with Gasteiger partial charge in [0, 0.05) is 37.7 Å². The summed E-state index contributed by atoms with van der Waals surface area (Å²) < 4.78 is 6.35. The molecule has 0 N–H and O–H groups in total. The van der Waals surface area contributed by atoms with Crippen LogP contribution in [0.3, 0.4) is 0 Å². The summed E-state index contributed by atoms with van der Waals surface area (Å²) in [5, 5.41) is 0. The summed E-state index contributed by atoms with van der Waals surface area (Å²) in [6, 6.07) is 7.70. The van der Waals surface area contributed by atoms with E-state index in [-0.39, 0.29) is 11.9 Å². The molecule has 2 aliphatic heterocycles. The van der Waals surface area contributed by atoms with E-state index in [1.807, 2.05) is 4.90 Å². The standard InChI is InChI=1S/C34H43N5O2/c1-5-10-25-21-38(17-18-39(25)32(40)6-2)33-30-19-23(3)29(28-15-8-12-24-11-7-14-27(24)28)20-31(30)35-34(36-33)41-22-26-13-9-16-37(26)4/h1,6,8,12,15,23,25-26,29H,2,7,9-11,13-14,16-22H2,3-4H3/t23-,25+,26+,29-/m1/s1. The van der Waals surface area contributed by atoms with Crippen LogP contribution in [0.1, 0.15) is 66.5 Å². The lowest BCUT2D eigenvalue weighted by atomic mass is 9.73. The summed E-state index contributed by atoms with van der Waals surface area (Å²) in [6.07, 6.45) is 15.4. The lowest BCUT2D eigenvalue weighted by Gasteiger charge is -2.42. The molecule has 1 aromatic carbocycles. The zero-order valence-electron chi connectivity index (χ0n) is 24.6. The average molecular weight is 554 g/mol. The summed E-state index contributed by atoms with van der Waals surface area (Å²) in [6.45, 7) is 9.71. The van der Waals surface area contributed by atoms with Crippen LogP contribution in [-0.2, 0) is 30.5 Å². The Morgan fingerprint density at radius 1 is 1.15 bits per heavy atom. The van der Waals surface area contributed by atoms with Gasteiger partial charge in [-0.05, 0) is 93.1 Å². The fourth-order valence-electron chi connectivity index (χ4n) is 7.61. The van der Waals surface area contributed by atoms with Gasteiger partial charge in [0.25, 0.3) is 0 Å². The Morgan fingerprint density at radius 3 is 2.80 bits per heavy atom. The maximum absolute atomic E-state index is 12.6. The van der Waals surface area contributed by atoms with Gasteiger partial charge in [0.05, 0.1) is 11.7 Å². The number of piperazine rings is 1. The number of carbonyl (C=O) groups is 1. The average Bonchev–Trinajstić information content (AvgIpc) is 3.64. The number of nitrogens with zero attached hydrogens (tertiary/aromatic N) is 5. The first-order valence-electron chi connectivity index (χ1n) is 15.4. The van der Waals surface area contributed by atoms with Gasteiger partial charge in [-0.1, -0.05) is 31.7 Å². The first-order chi connectivity index (χ1) is 20.0. The number of likely N-dealkylation sites (N-methyl/N-ethyl adjacent to an activating group) is 1. The lowest BCUT2D eigenvalue weighted by molar-refractivity contribution is -0.128. The number of likely N-dealkylation sites (tertiary alicyclic amines) is 1. The van der Waals surface area contributed by atoms with Gasteiger partial charge in [-0.25, -0.2) is 0 Å². The SMILES string of the molecule is C#CC[C@H]1CN(c2nc(OC[C@@H]3CCCN3C)nc3c2C[C@@H](C)[C@H](c2cccc4c2CCC4)C3)CCN1C(=O)C=C. The van der Waals surface area contributed by atoms with Crippen molar-refractivity contribution in [1.82, 2.24) is 19.8 Å². The predicted octanol–water partition coefficient (Wildman–Crippen LogP) is 4.18. The summed E-state index contributed by atoms with van der Waals surface area (Å²) >= 11 is 0. The van der Waals surface area contributed by atoms with Gasteiger partial charge in [0.2, 0.25) is 5.91 Å². The second-order valence-electron chi connectivity index (χ2n) is 12.4. The van der Waals surface area contributed by atoms with Crippen molar-refractivity contribution in [2.75, 3.05) is 44.7 Å². The molecular weight excluding hydrogens is 510 g/mol. The number of benzene rings is 1. The van der Waals surface area contributed by atoms with Gasteiger partial charge < -0.3 is 19.4 Å². The lowest BCUT2D eigenvalue weighted by Crippen LogP contribution is -2.55. The molecule has 2 aromatic rings. The van der Waals surface area contributed by atoms with Gasteiger partial charge in [-0.3, -0.25) is 4.79 Å². The number of hydrogen-bond acceptors (Lipinski definition) is 6. The molecule has 4 atom stereocenters. The van der Waals surface area contributed by atoms with Crippen LogP contribution in [-0.4, -0.2) is 77.6 Å². The summed E-state index contributed by atoms with van der Waals surface area (Å²) in [7, 11) is 2.17. The molecule has 6 rings (SSSR count). The van der Waals surface area contributed by atoms with Crippen LogP contribution < -0.4 is 9.64 Å². The fraction of sp³-hybridized carbons (Fsp3) is 0.559. The Morgan fingerprint density at radius 2 is 2.02 bits per heavy atom. The van der Waals surface area contributed by atoms with Crippen molar-refractivity contribution in [3.05, 3.63) is 58.8 Å². The maximum Gasteiger partial charge on any atom is 0.318 e. The van der Waals surface area contributed by atoms with Crippen LogP contribution in [0.5, 0.6) is 6.01 Å². The van der Waals surface area contributed by atoms with E-state index in [1.165, 1.54) is 48.4 Å². The number of aromatic nitrogens is 2. The molecule has 1 amide bonds. The molecule has 0 unspecified atom stereocenters. The Kier molecular flexibility index (Phi) is 8.03. The van der Waals surface area contributed by atoms with Gasteiger partial charge in [0.15, 0.2) is 0 Å². The normalized spacial score (nSPS) is 25.9. The highest BCUT2D eigenvalue weighted by molar-refractivity contribution is 5.87. The van der Waals surface area contributed by atoms with Crippen LogP contribution in [0.2, 0.25) is 0 Å². The smallest absolute Gasteiger partial charge is 0.318 e. The van der Waals surface area contributed by atoms with E-state index in [1.54, 1.807) is 5.56 Å². The van der Waals surface area contributed by atoms with Crippen molar-refractivity contribution < 1.29 is 9.53 Å². The van der Waals surface area contributed by atoms with Crippen LogP contribution in [0.25, 0.3) is 0 Å². The van der Waals surface area contributed by atoms with E-state index in [2.05, 4.69) is 54.5 Å². The zero-order chi connectivity index (χ0) is 28.5.